The second-order valence-corrected chi connectivity index (χ2v) is 3.97. The van der Waals surface area contributed by atoms with Crippen molar-refractivity contribution in [3.05, 3.63) is 0 Å². The van der Waals surface area contributed by atoms with Crippen molar-refractivity contribution >= 4 is 23.8 Å². The fraction of sp³-hybridized carbons (Fsp3) is 0.714. The summed E-state index contributed by atoms with van der Waals surface area (Å²) in [4.78, 5) is 21.6. The van der Waals surface area contributed by atoms with Crippen molar-refractivity contribution in [3.63, 3.8) is 0 Å². The van der Waals surface area contributed by atoms with Crippen LogP contribution in [0, 0.1) is 0 Å². The summed E-state index contributed by atoms with van der Waals surface area (Å²) in [6.45, 7) is 1.92. The molecule has 13 heavy (non-hydrogen) atoms. The minimum atomic E-state index is -1.29. The molecule has 0 bridgehead atoms. The van der Waals surface area contributed by atoms with Gasteiger partial charge < -0.3 is 15.0 Å². The summed E-state index contributed by atoms with van der Waals surface area (Å²) >= 11 is 1.34. The Labute approximate surface area is 79.9 Å². The van der Waals surface area contributed by atoms with Gasteiger partial charge in [-0.25, -0.2) is 4.79 Å². The molecule has 74 valence electrons. The zero-order chi connectivity index (χ0) is 10.1. The Bertz CT molecular complexity index is 245. The summed E-state index contributed by atoms with van der Waals surface area (Å²) in [5, 5.41) is 19.7. The first-order valence-electron chi connectivity index (χ1n) is 3.93. The average molecular weight is 205 g/mol. The lowest BCUT2D eigenvalue weighted by atomic mass is 10.2. The molecule has 6 heteroatoms. The first kappa shape index (κ1) is 10.3. The zero-order valence-electron chi connectivity index (χ0n) is 7.23. The molecule has 1 amide bonds. The molecular formula is C7H11NO4S. The van der Waals surface area contributed by atoms with Crippen molar-refractivity contribution in [2.75, 3.05) is 18.2 Å². The van der Waals surface area contributed by atoms with Crippen LogP contribution in [0.25, 0.3) is 0 Å². The Morgan fingerprint density at radius 1 is 1.69 bits per heavy atom. The van der Waals surface area contributed by atoms with Crippen molar-refractivity contribution in [2.45, 2.75) is 13.0 Å². The van der Waals surface area contributed by atoms with Crippen LogP contribution < -0.4 is 5.11 Å². The van der Waals surface area contributed by atoms with Crippen LogP contribution >= 0.6 is 11.8 Å². The van der Waals surface area contributed by atoms with Crippen LogP contribution in [0.3, 0.4) is 0 Å². The van der Waals surface area contributed by atoms with Gasteiger partial charge in [-0.15, -0.1) is 0 Å². The van der Waals surface area contributed by atoms with E-state index in [9.17, 15) is 14.7 Å². The summed E-state index contributed by atoms with van der Waals surface area (Å²) in [5.74, 6) is -0.427. The highest BCUT2D eigenvalue weighted by Crippen LogP contribution is 2.29. The molecule has 1 rings (SSSR count). The first-order chi connectivity index (χ1) is 6.04. The smallest absolute Gasteiger partial charge is 0.363 e. The highest BCUT2D eigenvalue weighted by Gasteiger charge is 2.47. The topological polar surface area (TPSA) is 77.4 Å². The van der Waals surface area contributed by atoms with E-state index >= 15 is 0 Å². The van der Waals surface area contributed by atoms with Gasteiger partial charge in [0.1, 0.15) is 5.88 Å². The minimum absolute atomic E-state index is 0.256. The monoisotopic (exact) mass is 205 g/mol. The molecule has 0 radical (unpaired) electrons. The van der Waals surface area contributed by atoms with E-state index < -0.39 is 22.6 Å². The van der Waals surface area contributed by atoms with E-state index in [2.05, 4.69) is 0 Å². The van der Waals surface area contributed by atoms with Crippen molar-refractivity contribution in [3.8, 4) is 0 Å². The largest absolute Gasteiger partial charge is 0.498 e. The molecule has 0 aromatic carbocycles. The fourth-order valence-electron chi connectivity index (χ4n) is 1.46. The van der Waals surface area contributed by atoms with Gasteiger partial charge in [-0.3, -0.25) is 4.48 Å². The molecule has 1 heterocycles. The highest BCUT2D eigenvalue weighted by molar-refractivity contribution is 7.99. The van der Waals surface area contributed by atoms with Gasteiger partial charge in [0.2, 0.25) is 6.04 Å². The van der Waals surface area contributed by atoms with Gasteiger partial charge in [-0.2, -0.15) is 0 Å². The number of carboxylic acid groups (broad SMARTS) is 2. The van der Waals surface area contributed by atoms with E-state index in [-0.39, 0.29) is 12.4 Å². The third-order valence-electron chi connectivity index (χ3n) is 2.41. The SMILES string of the molecule is CC[N+]1(C(=O)[O-])CSCC1C(=O)O. The van der Waals surface area contributed by atoms with Crippen molar-refractivity contribution in [1.82, 2.24) is 0 Å². The number of thioether (sulfide) groups is 1. The Balaban J connectivity index is 2.96. The maximum Gasteiger partial charge on any atom is 0.363 e. The molecule has 0 saturated carbocycles. The molecule has 1 N–H and O–H groups in total. The molecule has 1 aliphatic rings. The highest BCUT2D eigenvalue weighted by atomic mass is 32.2. The maximum atomic E-state index is 10.9. The van der Waals surface area contributed by atoms with E-state index in [1.807, 2.05) is 0 Å². The molecule has 0 aromatic rings. The maximum absolute atomic E-state index is 10.9. The Hall–Kier alpha value is -0.750. The van der Waals surface area contributed by atoms with E-state index in [1.165, 1.54) is 11.8 Å². The van der Waals surface area contributed by atoms with Crippen molar-refractivity contribution in [1.29, 1.82) is 0 Å². The molecule has 2 atom stereocenters. The molecule has 0 aliphatic carbocycles. The summed E-state index contributed by atoms with van der Waals surface area (Å²) in [6.07, 6.45) is -1.29. The van der Waals surface area contributed by atoms with Gasteiger partial charge in [-0.1, -0.05) is 11.8 Å². The van der Waals surface area contributed by atoms with Gasteiger partial charge in [0, 0.05) is 0 Å². The van der Waals surface area contributed by atoms with Crippen LogP contribution in [0.5, 0.6) is 0 Å². The van der Waals surface area contributed by atoms with Crippen LogP contribution in [0.1, 0.15) is 6.92 Å². The Morgan fingerprint density at radius 2 is 2.31 bits per heavy atom. The number of amides is 1. The number of carbonyl (C=O) groups is 2. The standard InChI is InChI=1S/C7H11NO4S/c1-2-8(7(11)12)4-13-3-5(8)6(9)10/h5H,2-4H2,1H3,(H-,9,10,11,12). The lowest BCUT2D eigenvalue weighted by Gasteiger charge is -2.35. The van der Waals surface area contributed by atoms with Crippen molar-refractivity contribution in [2.24, 2.45) is 0 Å². The number of carboxylic acids is 1. The second-order valence-electron chi connectivity index (χ2n) is 2.97. The number of aliphatic carboxylic acids is 1. The first-order valence-corrected chi connectivity index (χ1v) is 5.09. The number of hydrogen-bond acceptors (Lipinski definition) is 4. The molecule has 1 fully saturated rings. The molecular weight excluding hydrogens is 194 g/mol. The summed E-state index contributed by atoms with van der Waals surface area (Å²) < 4.78 is -0.458. The predicted octanol–water partition coefficient (Wildman–Crippen LogP) is -0.676. The van der Waals surface area contributed by atoms with Gasteiger partial charge in [0.25, 0.3) is 6.09 Å². The third-order valence-corrected chi connectivity index (χ3v) is 3.60. The molecule has 1 saturated heterocycles. The van der Waals surface area contributed by atoms with Crippen molar-refractivity contribution < 1.29 is 24.3 Å². The number of likely N-dealkylation sites (N-methyl/N-ethyl adjacent to an activating group) is 1. The minimum Gasteiger partial charge on any atom is -0.498 e. The predicted molar refractivity (Wildman–Crippen MR) is 44.9 cm³/mol. The van der Waals surface area contributed by atoms with Crippen LogP contribution in [-0.2, 0) is 4.79 Å². The van der Waals surface area contributed by atoms with Crippen LogP contribution in [0.4, 0.5) is 4.79 Å². The Kier molecular flexibility index (Phi) is 2.82. The van der Waals surface area contributed by atoms with Crippen LogP contribution in [0.15, 0.2) is 0 Å². The van der Waals surface area contributed by atoms with Gasteiger partial charge in [0.05, 0.1) is 12.3 Å². The lowest BCUT2D eigenvalue weighted by Crippen LogP contribution is -2.63. The van der Waals surface area contributed by atoms with Gasteiger partial charge >= 0.3 is 5.97 Å². The van der Waals surface area contributed by atoms with Gasteiger partial charge in [-0.05, 0) is 6.92 Å². The summed E-state index contributed by atoms with van der Waals surface area (Å²) in [5.41, 5.74) is 0. The quantitative estimate of drug-likeness (QED) is 0.604. The molecule has 0 aromatic heterocycles. The number of nitrogens with zero attached hydrogens (tertiary/aromatic N) is 1. The summed E-state index contributed by atoms with van der Waals surface area (Å²) in [6, 6.07) is -0.861. The van der Waals surface area contributed by atoms with E-state index in [1.54, 1.807) is 6.92 Å². The number of carbonyl (C=O) groups excluding carboxylic acids is 1. The molecule has 1 aliphatic heterocycles. The van der Waals surface area contributed by atoms with Gasteiger partial charge in [0.15, 0.2) is 0 Å². The molecule has 2 unspecified atom stereocenters. The summed E-state index contributed by atoms with van der Waals surface area (Å²) in [7, 11) is 0. The zero-order valence-corrected chi connectivity index (χ0v) is 8.04. The third kappa shape index (κ3) is 1.51. The number of rotatable bonds is 2. The molecule has 5 nitrogen and oxygen atoms in total. The van der Waals surface area contributed by atoms with Crippen LogP contribution in [-0.4, -0.2) is 45.9 Å². The number of quaternary nitrogens is 1. The molecule has 0 spiro atoms. The average Bonchev–Trinajstić information content (AvgIpc) is 2.48. The normalized spacial score (nSPS) is 33.2. The van der Waals surface area contributed by atoms with E-state index in [0.717, 1.165) is 0 Å². The van der Waals surface area contributed by atoms with E-state index in [4.69, 9.17) is 5.11 Å². The fourth-order valence-corrected chi connectivity index (χ4v) is 3.01. The van der Waals surface area contributed by atoms with Crippen LogP contribution in [0.2, 0.25) is 0 Å². The second kappa shape index (κ2) is 3.55. The Morgan fingerprint density at radius 3 is 2.62 bits per heavy atom. The van der Waals surface area contributed by atoms with E-state index in [0.29, 0.717) is 5.75 Å². The number of hydrogen-bond donors (Lipinski definition) is 1. The lowest BCUT2D eigenvalue weighted by molar-refractivity contribution is -0.871.